The van der Waals surface area contributed by atoms with E-state index in [-0.39, 0.29) is 6.04 Å². The van der Waals surface area contributed by atoms with Gasteiger partial charge < -0.3 is 10.4 Å². The summed E-state index contributed by atoms with van der Waals surface area (Å²) in [5.74, 6) is 1.31. The first-order valence-electron chi connectivity index (χ1n) is 9.88. The molecule has 0 spiro atoms. The number of carboxylic acid groups (broad SMARTS) is 1. The molecule has 4 saturated carbocycles. The Balaban J connectivity index is 1.60. The van der Waals surface area contributed by atoms with Gasteiger partial charge in [0.15, 0.2) is 0 Å². The number of hydrogen-bond donors (Lipinski definition) is 2. The van der Waals surface area contributed by atoms with Crippen molar-refractivity contribution in [3.63, 3.8) is 0 Å². The van der Waals surface area contributed by atoms with Gasteiger partial charge in [-0.1, -0.05) is 30.3 Å². The minimum absolute atomic E-state index is 0.212. The van der Waals surface area contributed by atoms with Crippen molar-refractivity contribution in [2.75, 3.05) is 0 Å². The molecule has 0 saturated heterocycles. The molecule has 4 aliphatic carbocycles. The highest BCUT2D eigenvalue weighted by Crippen LogP contribution is 2.60. The first kappa shape index (κ1) is 18.0. The normalized spacial score (nSPS) is 34.9. The molecule has 4 fully saturated rings. The van der Waals surface area contributed by atoms with Gasteiger partial charge in [-0.3, -0.25) is 4.79 Å². The monoisotopic (exact) mass is 365 g/mol. The Morgan fingerprint density at radius 3 is 2.41 bits per heavy atom. The first-order chi connectivity index (χ1) is 12.9. The van der Waals surface area contributed by atoms with Gasteiger partial charge in [-0.2, -0.15) is 10.3 Å². The van der Waals surface area contributed by atoms with Gasteiger partial charge >= 0.3 is 5.97 Å². The smallest absolute Gasteiger partial charge is 0.309 e. The minimum atomic E-state index is -0.615. The minimum Gasteiger partial charge on any atom is -0.481 e. The maximum atomic E-state index is 11.9. The number of aliphatic carboxylic acids is 1. The zero-order valence-corrected chi connectivity index (χ0v) is 16.0. The van der Waals surface area contributed by atoms with Crippen LogP contribution in [-0.4, -0.2) is 23.0 Å². The fourth-order valence-corrected chi connectivity index (χ4v) is 6.07. The maximum Gasteiger partial charge on any atom is 0.309 e. The summed E-state index contributed by atoms with van der Waals surface area (Å²) < 4.78 is 0. The van der Waals surface area contributed by atoms with E-state index >= 15 is 0 Å². The Morgan fingerprint density at radius 2 is 1.85 bits per heavy atom. The molecule has 2 atom stereocenters. The predicted molar refractivity (Wildman–Crippen MR) is 103 cm³/mol. The molecule has 27 heavy (non-hydrogen) atoms. The molecular formula is C22H27N3O2. The van der Waals surface area contributed by atoms with Crippen molar-refractivity contribution in [2.24, 2.45) is 28.2 Å². The SMILES string of the molecule is CC(C)(/C(=N\C#N)NC1C2CC3CC1CC(C(=O)O)(C3)C2)c1ccccc1. The molecule has 0 amide bonds. The summed E-state index contributed by atoms with van der Waals surface area (Å²) in [6.45, 7) is 4.17. The Labute approximate surface area is 160 Å². The van der Waals surface area contributed by atoms with E-state index in [1.807, 2.05) is 24.4 Å². The van der Waals surface area contributed by atoms with Crippen LogP contribution in [0.5, 0.6) is 0 Å². The Morgan fingerprint density at radius 1 is 1.22 bits per heavy atom. The van der Waals surface area contributed by atoms with Crippen molar-refractivity contribution in [1.29, 1.82) is 5.26 Å². The van der Waals surface area contributed by atoms with Crippen LogP contribution in [0.2, 0.25) is 0 Å². The highest BCUT2D eigenvalue weighted by atomic mass is 16.4. The number of nitriles is 1. The summed E-state index contributed by atoms with van der Waals surface area (Å²) in [5, 5.41) is 22.7. The molecule has 4 bridgehead atoms. The van der Waals surface area contributed by atoms with E-state index in [0.29, 0.717) is 23.6 Å². The molecule has 5 heteroatoms. The third-order valence-corrected chi connectivity index (χ3v) is 7.28. The van der Waals surface area contributed by atoms with Crippen LogP contribution in [-0.2, 0) is 10.2 Å². The van der Waals surface area contributed by atoms with Gasteiger partial charge in [0.2, 0.25) is 6.19 Å². The summed E-state index contributed by atoms with van der Waals surface area (Å²) in [6, 6.07) is 10.3. The second-order valence-corrected chi connectivity index (χ2v) is 9.28. The number of benzene rings is 1. The van der Waals surface area contributed by atoms with Crippen LogP contribution in [0, 0.1) is 34.6 Å². The quantitative estimate of drug-likeness (QED) is 0.484. The molecule has 5 nitrogen and oxygen atoms in total. The lowest BCUT2D eigenvalue weighted by atomic mass is 9.48. The lowest BCUT2D eigenvalue weighted by molar-refractivity contribution is -0.166. The highest BCUT2D eigenvalue weighted by molar-refractivity contribution is 5.93. The van der Waals surface area contributed by atoms with Crippen LogP contribution in [0.3, 0.4) is 0 Å². The Bertz CT molecular complexity index is 793. The molecule has 0 radical (unpaired) electrons. The van der Waals surface area contributed by atoms with E-state index < -0.39 is 16.8 Å². The van der Waals surface area contributed by atoms with Crippen LogP contribution in [0.15, 0.2) is 35.3 Å². The summed E-state index contributed by atoms with van der Waals surface area (Å²) >= 11 is 0. The molecule has 0 aromatic heterocycles. The van der Waals surface area contributed by atoms with E-state index in [9.17, 15) is 15.2 Å². The zero-order valence-electron chi connectivity index (χ0n) is 16.0. The predicted octanol–water partition coefficient (Wildman–Crippen LogP) is 3.71. The average Bonchev–Trinajstić information content (AvgIpc) is 2.63. The van der Waals surface area contributed by atoms with Crippen molar-refractivity contribution in [2.45, 2.75) is 57.4 Å². The topological polar surface area (TPSA) is 85.5 Å². The summed E-state index contributed by atoms with van der Waals surface area (Å²) in [5.41, 5.74) is 0.184. The van der Waals surface area contributed by atoms with Crippen LogP contribution >= 0.6 is 0 Å². The molecule has 1 aromatic carbocycles. The van der Waals surface area contributed by atoms with Crippen molar-refractivity contribution < 1.29 is 9.90 Å². The molecule has 1 aromatic rings. The van der Waals surface area contributed by atoms with Gasteiger partial charge in [-0.15, -0.1) is 0 Å². The number of nitrogens with zero attached hydrogens (tertiary/aromatic N) is 2. The average molecular weight is 365 g/mol. The number of hydrogen-bond acceptors (Lipinski definition) is 3. The number of carboxylic acids is 1. The highest BCUT2D eigenvalue weighted by Gasteiger charge is 2.59. The summed E-state index contributed by atoms with van der Waals surface area (Å²) in [7, 11) is 0. The summed E-state index contributed by atoms with van der Waals surface area (Å²) in [6.07, 6.45) is 6.50. The van der Waals surface area contributed by atoms with Gasteiger partial charge in [0.1, 0.15) is 5.84 Å². The van der Waals surface area contributed by atoms with Crippen LogP contribution in [0.1, 0.15) is 51.5 Å². The Hall–Kier alpha value is -2.35. The molecule has 142 valence electrons. The zero-order chi connectivity index (χ0) is 19.2. The van der Waals surface area contributed by atoms with E-state index in [0.717, 1.165) is 37.7 Å². The number of amidine groups is 1. The van der Waals surface area contributed by atoms with E-state index in [1.54, 1.807) is 0 Å². The lowest BCUT2D eigenvalue weighted by Gasteiger charge is -2.58. The van der Waals surface area contributed by atoms with Crippen LogP contribution < -0.4 is 5.32 Å². The Kier molecular flexibility index (Phi) is 4.25. The van der Waals surface area contributed by atoms with E-state index in [4.69, 9.17) is 0 Å². The molecular weight excluding hydrogens is 338 g/mol. The van der Waals surface area contributed by atoms with Gasteiger partial charge in [-0.25, -0.2) is 0 Å². The van der Waals surface area contributed by atoms with Crippen molar-refractivity contribution in [3.05, 3.63) is 35.9 Å². The summed E-state index contributed by atoms with van der Waals surface area (Å²) in [4.78, 5) is 16.1. The molecule has 0 heterocycles. The maximum absolute atomic E-state index is 11.9. The van der Waals surface area contributed by atoms with Crippen molar-refractivity contribution >= 4 is 11.8 Å². The van der Waals surface area contributed by atoms with Crippen molar-refractivity contribution in [3.8, 4) is 6.19 Å². The second-order valence-electron chi connectivity index (χ2n) is 9.28. The fraction of sp³-hybridized carbons (Fsp3) is 0.591. The van der Waals surface area contributed by atoms with Crippen LogP contribution in [0.25, 0.3) is 0 Å². The van der Waals surface area contributed by atoms with Gasteiger partial charge in [0.25, 0.3) is 0 Å². The third kappa shape index (κ3) is 2.92. The number of nitrogens with one attached hydrogen (secondary N) is 1. The lowest BCUT2D eigenvalue weighted by Crippen LogP contribution is -2.62. The van der Waals surface area contributed by atoms with Crippen LogP contribution in [0.4, 0.5) is 0 Å². The second kappa shape index (κ2) is 6.37. The van der Waals surface area contributed by atoms with E-state index in [1.165, 1.54) is 0 Å². The molecule has 4 aliphatic rings. The molecule has 2 N–H and O–H groups in total. The van der Waals surface area contributed by atoms with E-state index in [2.05, 4.69) is 36.3 Å². The fourth-order valence-electron chi connectivity index (χ4n) is 6.07. The number of carbonyl (C=O) groups is 1. The number of aliphatic imine (C=N–C) groups is 1. The standard InChI is InChI=1S/C22H27N3O2/c1-21(2,17-6-4-3-5-7-17)19(24-13-23)25-18-15-8-14-9-16(18)12-22(10-14,11-15)20(26)27/h3-7,14-16,18H,8-12H2,1-2H3,(H,24,25)(H,26,27). The van der Waals surface area contributed by atoms with Gasteiger partial charge in [-0.05, 0) is 69.3 Å². The largest absolute Gasteiger partial charge is 0.481 e. The first-order valence-corrected chi connectivity index (χ1v) is 9.88. The van der Waals surface area contributed by atoms with Gasteiger partial charge in [0.05, 0.1) is 5.41 Å². The third-order valence-electron chi connectivity index (χ3n) is 7.28. The molecule has 0 aliphatic heterocycles. The number of rotatable bonds is 4. The van der Waals surface area contributed by atoms with Crippen molar-refractivity contribution in [1.82, 2.24) is 5.32 Å². The molecule has 5 rings (SSSR count). The van der Waals surface area contributed by atoms with Gasteiger partial charge in [0, 0.05) is 11.5 Å². The molecule has 2 unspecified atom stereocenters.